The highest BCUT2D eigenvalue weighted by Crippen LogP contribution is 2.20. The fourth-order valence-corrected chi connectivity index (χ4v) is 1.89. The lowest BCUT2D eigenvalue weighted by Crippen LogP contribution is -2.12. The van der Waals surface area contributed by atoms with Crippen LogP contribution in [0, 0.1) is 5.82 Å². The van der Waals surface area contributed by atoms with Crippen molar-refractivity contribution in [1.82, 2.24) is 9.97 Å². The van der Waals surface area contributed by atoms with Gasteiger partial charge in [0.15, 0.2) is 11.6 Å². The number of fused-ring (bicyclic) bond motifs is 1. The third-order valence-electron chi connectivity index (χ3n) is 2.94. The van der Waals surface area contributed by atoms with Crippen molar-refractivity contribution >= 4 is 22.6 Å². The number of amides is 1. The molecule has 0 radical (unpaired) electrons. The monoisotopic (exact) mass is 283 g/mol. The Morgan fingerprint density at radius 2 is 1.81 bits per heavy atom. The van der Waals surface area contributed by atoms with Crippen molar-refractivity contribution in [2.75, 3.05) is 5.32 Å². The number of anilines is 1. The van der Waals surface area contributed by atoms with Gasteiger partial charge in [-0.25, -0.2) is 4.39 Å². The number of nitrogens with zero attached hydrogens (tertiary/aromatic N) is 2. The van der Waals surface area contributed by atoms with Crippen LogP contribution in [0.1, 0.15) is 10.4 Å². The molecule has 0 atom stereocenters. The zero-order valence-electron chi connectivity index (χ0n) is 10.7. The Bertz CT molecular complexity index is 836. The molecule has 2 N–H and O–H groups in total. The van der Waals surface area contributed by atoms with Crippen molar-refractivity contribution in [3.05, 3.63) is 60.2 Å². The maximum atomic E-state index is 13.2. The Morgan fingerprint density at radius 3 is 2.57 bits per heavy atom. The molecular formula is C15H10FN3O2. The summed E-state index contributed by atoms with van der Waals surface area (Å²) in [4.78, 5) is 20.3. The number of phenols is 1. The summed E-state index contributed by atoms with van der Waals surface area (Å²) in [6.07, 6.45) is 3.11. The number of rotatable bonds is 2. The highest BCUT2D eigenvalue weighted by atomic mass is 19.1. The number of carbonyl (C=O) groups excluding carboxylic acids is 1. The number of halogens is 1. The molecule has 1 heterocycles. The second-order valence-electron chi connectivity index (χ2n) is 4.38. The highest BCUT2D eigenvalue weighted by Gasteiger charge is 2.09. The summed E-state index contributed by atoms with van der Waals surface area (Å²) in [6, 6.07) is 8.55. The quantitative estimate of drug-likeness (QED) is 0.709. The minimum atomic E-state index is -0.794. The molecular weight excluding hydrogens is 273 g/mol. The molecule has 0 bridgehead atoms. The normalized spacial score (nSPS) is 10.5. The van der Waals surface area contributed by atoms with Gasteiger partial charge >= 0.3 is 0 Å². The van der Waals surface area contributed by atoms with Crippen LogP contribution in [0.25, 0.3) is 11.0 Å². The van der Waals surface area contributed by atoms with Crippen molar-refractivity contribution in [3.63, 3.8) is 0 Å². The van der Waals surface area contributed by atoms with Crippen molar-refractivity contribution in [2.24, 2.45) is 0 Å². The molecule has 104 valence electrons. The first kappa shape index (κ1) is 13.0. The number of aromatic hydroxyl groups is 1. The van der Waals surface area contributed by atoms with E-state index in [-0.39, 0.29) is 5.69 Å². The fraction of sp³-hybridized carbons (Fsp3) is 0. The summed E-state index contributed by atoms with van der Waals surface area (Å²) >= 11 is 0. The summed E-state index contributed by atoms with van der Waals surface area (Å²) in [5.41, 5.74) is 1.93. The molecule has 0 aliphatic carbocycles. The van der Waals surface area contributed by atoms with Crippen LogP contribution < -0.4 is 5.32 Å². The van der Waals surface area contributed by atoms with Crippen LogP contribution in [-0.4, -0.2) is 21.0 Å². The molecule has 3 aromatic rings. The first-order valence-electron chi connectivity index (χ1n) is 6.14. The largest absolute Gasteiger partial charge is 0.505 e. The van der Waals surface area contributed by atoms with Gasteiger partial charge < -0.3 is 10.4 Å². The standard InChI is InChI=1S/C15H10FN3O2/c16-11-8-10(2-4-14(11)20)19-15(21)9-1-3-12-13(7-9)18-6-5-17-12/h1-8,20H,(H,19,21). The van der Waals surface area contributed by atoms with E-state index in [1.54, 1.807) is 30.6 Å². The Balaban J connectivity index is 1.87. The van der Waals surface area contributed by atoms with Gasteiger partial charge in [-0.05, 0) is 30.3 Å². The molecule has 1 aromatic heterocycles. The van der Waals surface area contributed by atoms with Gasteiger partial charge in [-0.15, -0.1) is 0 Å². The predicted octanol–water partition coefficient (Wildman–Crippen LogP) is 2.73. The summed E-state index contributed by atoms with van der Waals surface area (Å²) in [5, 5.41) is 11.7. The molecule has 0 fully saturated rings. The third-order valence-corrected chi connectivity index (χ3v) is 2.94. The molecule has 1 amide bonds. The number of aromatic nitrogens is 2. The van der Waals surface area contributed by atoms with Crippen molar-refractivity contribution in [1.29, 1.82) is 0 Å². The van der Waals surface area contributed by atoms with Gasteiger partial charge in [0.05, 0.1) is 11.0 Å². The molecule has 21 heavy (non-hydrogen) atoms. The minimum absolute atomic E-state index is 0.259. The second kappa shape index (κ2) is 5.16. The van der Waals surface area contributed by atoms with Crippen LogP contribution in [0.3, 0.4) is 0 Å². The molecule has 3 rings (SSSR count). The van der Waals surface area contributed by atoms with Crippen LogP contribution in [0.15, 0.2) is 48.8 Å². The van der Waals surface area contributed by atoms with Gasteiger partial charge in [0.25, 0.3) is 5.91 Å². The molecule has 0 spiro atoms. The van der Waals surface area contributed by atoms with E-state index >= 15 is 0 Å². The molecule has 5 nitrogen and oxygen atoms in total. The number of nitrogens with one attached hydrogen (secondary N) is 1. The third kappa shape index (κ3) is 2.64. The Labute approximate surface area is 119 Å². The summed E-state index contributed by atoms with van der Waals surface area (Å²) in [7, 11) is 0. The topological polar surface area (TPSA) is 75.1 Å². The van der Waals surface area contributed by atoms with Crippen LogP contribution >= 0.6 is 0 Å². The van der Waals surface area contributed by atoms with E-state index in [4.69, 9.17) is 5.11 Å². The number of benzene rings is 2. The average molecular weight is 283 g/mol. The summed E-state index contributed by atoms with van der Waals surface area (Å²) in [6.45, 7) is 0. The van der Waals surface area contributed by atoms with E-state index in [9.17, 15) is 9.18 Å². The Hall–Kier alpha value is -3.02. The zero-order valence-corrected chi connectivity index (χ0v) is 10.7. The maximum absolute atomic E-state index is 13.2. The summed E-state index contributed by atoms with van der Waals surface area (Å²) < 4.78 is 13.2. The number of phenolic OH excluding ortho intramolecular Hbond substituents is 1. The van der Waals surface area contributed by atoms with Crippen LogP contribution in [0.2, 0.25) is 0 Å². The smallest absolute Gasteiger partial charge is 0.255 e. The summed E-state index contributed by atoms with van der Waals surface area (Å²) in [5.74, 6) is -1.65. The fourth-order valence-electron chi connectivity index (χ4n) is 1.89. The van der Waals surface area contributed by atoms with Crippen LogP contribution in [0.4, 0.5) is 10.1 Å². The molecule has 2 aromatic carbocycles. The predicted molar refractivity (Wildman–Crippen MR) is 75.6 cm³/mol. The van der Waals surface area contributed by atoms with Crippen molar-refractivity contribution in [2.45, 2.75) is 0 Å². The maximum Gasteiger partial charge on any atom is 0.255 e. The molecule has 0 saturated carbocycles. The van der Waals surface area contributed by atoms with Gasteiger partial charge in [0.1, 0.15) is 0 Å². The van der Waals surface area contributed by atoms with E-state index in [0.717, 1.165) is 6.07 Å². The lowest BCUT2D eigenvalue weighted by molar-refractivity contribution is 0.102. The molecule has 0 unspecified atom stereocenters. The van der Waals surface area contributed by atoms with Gasteiger partial charge in [-0.3, -0.25) is 14.8 Å². The average Bonchev–Trinajstić information content (AvgIpc) is 2.50. The van der Waals surface area contributed by atoms with Gasteiger partial charge in [0, 0.05) is 29.7 Å². The number of hydrogen-bond donors (Lipinski definition) is 2. The second-order valence-corrected chi connectivity index (χ2v) is 4.38. The lowest BCUT2D eigenvalue weighted by atomic mass is 10.1. The van der Waals surface area contributed by atoms with E-state index in [1.807, 2.05) is 0 Å². The Morgan fingerprint density at radius 1 is 1.05 bits per heavy atom. The first-order valence-corrected chi connectivity index (χ1v) is 6.14. The minimum Gasteiger partial charge on any atom is -0.505 e. The van der Waals surface area contributed by atoms with E-state index in [1.165, 1.54) is 12.1 Å². The zero-order chi connectivity index (χ0) is 14.8. The van der Waals surface area contributed by atoms with E-state index < -0.39 is 17.5 Å². The van der Waals surface area contributed by atoms with Crippen LogP contribution in [-0.2, 0) is 0 Å². The highest BCUT2D eigenvalue weighted by molar-refractivity contribution is 6.05. The van der Waals surface area contributed by atoms with Crippen molar-refractivity contribution in [3.8, 4) is 5.75 Å². The SMILES string of the molecule is O=C(Nc1ccc(O)c(F)c1)c1ccc2nccnc2c1. The van der Waals surface area contributed by atoms with Crippen molar-refractivity contribution < 1.29 is 14.3 Å². The molecule has 0 aliphatic rings. The molecule has 6 heteroatoms. The van der Waals surface area contributed by atoms with Crippen LogP contribution in [0.5, 0.6) is 5.75 Å². The van der Waals surface area contributed by atoms with E-state index in [2.05, 4.69) is 15.3 Å². The van der Waals surface area contributed by atoms with Gasteiger partial charge in [-0.1, -0.05) is 0 Å². The molecule has 0 saturated heterocycles. The number of carbonyl (C=O) groups is 1. The molecule has 0 aliphatic heterocycles. The number of hydrogen-bond acceptors (Lipinski definition) is 4. The first-order chi connectivity index (χ1) is 10.1. The van der Waals surface area contributed by atoms with Gasteiger partial charge in [0.2, 0.25) is 0 Å². The van der Waals surface area contributed by atoms with E-state index in [0.29, 0.717) is 16.6 Å². The lowest BCUT2D eigenvalue weighted by Gasteiger charge is -2.06. The van der Waals surface area contributed by atoms with Gasteiger partial charge in [-0.2, -0.15) is 0 Å². The Kier molecular flexibility index (Phi) is 3.19.